The van der Waals surface area contributed by atoms with Gasteiger partial charge in [-0.1, -0.05) is 13.8 Å². The number of fused-ring (bicyclic) bond motifs is 5. The van der Waals surface area contributed by atoms with E-state index >= 15 is 0 Å². The van der Waals surface area contributed by atoms with Crippen LogP contribution < -0.4 is 15.2 Å². The van der Waals surface area contributed by atoms with Crippen LogP contribution in [0.5, 0.6) is 11.6 Å². The molecule has 2 N–H and O–H groups in total. The minimum atomic E-state index is -1.37. The van der Waals surface area contributed by atoms with Crippen molar-refractivity contribution in [3.8, 4) is 28.8 Å². The molecule has 0 amide bonds. The van der Waals surface area contributed by atoms with Gasteiger partial charge >= 0.3 is 0 Å². The zero-order valence-corrected chi connectivity index (χ0v) is 19.3. The second-order valence-electron chi connectivity index (χ2n) is 7.78. The van der Waals surface area contributed by atoms with Crippen molar-refractivity contribution >= 4 is 11.6 Å². The zero-order valence-electron chi connectivity index (χ0n) is 19.3. The van der Waals surface area contributed by atoms with Gasteiger partial charge in [0.2, 0.25) is 17.3 Å². The van der Waals surface area contributed by atoms with Gasteiger partial charge in [0.15, 0.2) is 11.6 Å². The van der Waals surface area contributed by atoms with Gasteiger partial charge < -0.3 is 19.9 Å². The Labute approximate surface area is 195 Å². The number of nitrogen functional groups attached to an aromatic ring is 1. The van der Waals surface area contributed by atoms with Gasteiger partial charge in [-0.25, -0.2) is 9.37 Å². The SMILES string of the molecule is CC.CC1Oc2cc(cnc2N)-c2c(nn(C)c2C#N)OC2(COC2)C(=O)c2ccc(F)cc21. The Morgan fingerprint density at radius 2 is 2.03 bits per heavy atom. The second kappa shape index (κ2) is 8.76. The molecule has 1 saturated heterocycles. The lowest BCUT2D eigenvalue weighted by Gasteiger charge is -2.40. The molecule has 3 aromatic rings. The highest BCUT2D eigenvalue weighted by Gasteiger charge is 2.51. The number of hydrogen-bond donors (Lipinski definition) is 1. The summed E-state index contributed by atoms with van der Waals surface area (Å²) in [6.07, 6.45) is 0.744. The van der Waals surface area contributed by atoms with Crippen molar-refractivity contribution < 1.29 is 23.4 Å². The van der Waals surface area contributed by atoms with Crippen LogP contribution in [0.25, 0.3) is 11.1 Å². The van der Waals surface area contributed by atoms with Gasteiger partial charge in [-0.2, -0.15) is 5.26 Å². The molecule has 0 aliphatic carbocycles. The molecule has 1 unspecified atom stereocenters. The van der Waals surface area contributed by atoms with E-state index in [1.54, 1.807) is 20.0 Å². The summed E-state index contributed by atoms with van der Waals surface area (Å²) in [6.45, 7) is 5.66. The fourth-order valence-electron chi connectivity index (χ4n) is 3.93. The lowest BCUT2D eigenvalue weighted by molar-refractivity contribution is -0.134. The smallest absolute Gasteiger partial charge is 0.243 e. The number of anilines is 1. The molecule has 0 radical (unpaired) electrons. The molecule has 2 bridgehead atoms. The minimum Gasteiger partial charge on any atom is -0.482 e. The number of ketones is 1. The predicted octanol–water partition coefficient (Wildman–Crippen LogP) is 3.59. The summed E-state index contributed by atoms with van der Waals surface area (Å²) in [5.74, 6) is -0.492. The van der Waals surface area contributed by atoms with E-state index in [-0.39, 0.29) is 47.7 Å². The van der Waals surface area contributed by atoms with Crippen LogP contribution in [0.3, 0.4) is 0 Å². The number of carbonyl (C=O) groups excluding carboxylic acids is 1. The number of carbonyl (C=O) groups is 1. The maximum Gasteiger partial charge on any atom is 0.243 e. The van der Waals surface area contributed by atoms with E-state index < -0.39 is 17.5 Å². The first-order chi connectivity index (χ1) is 16.3. The molecular formula is C24H24FN5O4. The Kier molecular flexibility index (Phi) is 5.98. The third-order valence-corrected chi connectivity index (χ3v) is 5.67. The number of ether oxygens (including phenoxy) is 3. The molecule has 1 fully saturated rings. The van der Waals surface area contributed by atoms with E-state index in [1.165, 1.54) is 29.1 Å². The molecule has 2 aromatic heterocycles. The lowest BCUT2D eigenvalue weighted by Crippen LogP contribution is -2.60. The zero-order chi connectivity index (χ0) is 24.6. The quantitative estimate of drug-likeness (QED) is 0.534. The van der Waals surface area contributed by atoms with Crippen LogP contribution in [0, 0.1) is 17.1 Å². The topological polar surface area (TPSA) is 125 Å². The molecule has 1 atom stereocenters. The summed E-state index contributed by atoms with van der Waals surface area (Å²) >= 11 is 0. The summed E-state index contributed by atoms with van der Waals surface area (Å²) in [7, 11) is 1.60. The monoisotopic (exact) mass is 465 g/mol. The molecule has 176 valence electrons. The molecule has 9 nitrogen and oxygen atoms in total. The summed E-state index contributed by atoms with van der Waals surface area (Å²) in [4.78, 5) is 17.8. The maximum absolute atomic E-state index is 14.1. The maximum atomic E-state index is 14.1. The molecule has 0 saturated carbocycles. The Hall–Kier alpha value is -3.97. The fraction of sp³-hybridized carbons (Fsp3) is 0.333. The number of Topliss-reactive ketones (excluding diaryl/α,β-unsaturated/α-hetero) is 1. The van der Waals surface area contributed by atoms with Gasteiger partial charge in [0.1, 0.15) is 23.7 Å². The number of nitrogens with two attached hydrogens (primary N) is 1. The number of pyridine rings is 1. The van der Waals surface area contributed by atoms with Crippen LogP contribution in [0.15, 0.2) is 30.5 Å². The molecule has 10 heteroatoms. The third kappa shape index (κ3) is 3.64. The van der Waals surface area contributed by atoms with Crippen molar-refractivity contribution in [1.82, 2.24) is 14.8 Å². The van der Waals surface area contributed by atoms with Crippen molar-refractivity contribution in [2.45, 2.75) is 32.5 Å². The number of nitriles is 1. The molecule has 1 aromatic carbocycles. The van der Waals surface area contributed by atoms with Crippen molar-refractivity contribution in [1.29, 1.82) is 5.26 Å². The number of hydrogen-bond acceptors (Lipinski definition) is 8. The van der Waals surface area contributed by atoms with E-state index in [9.17, 15) is 14.4 Å². The summed E-state index contributed by atoms with van der Waals surface area (Å²) in [5.41, 5.74) is 6.28. The van der Waals surface area contributed by atoms with Crippen molar-refractivity contribution in [2.24, 2.45) is 7.05 Å². The highest BCUT2D eigenvalue weighted by atomic mass is 19.1. The molecular weight excluding hydrogens is 441 g/mol. The number of halogens is 1. The van der Waals surface area contributed by atoms with E-state index in [2.05, 4.69) is 16.2 Å². The van der Waals surface area contributed by atoms with E-state index in [0.29, 0.717) is 16.7 Å². The highest BCUT2D eigenvalue weighted by molar-refractivity contribution is 6.05. The van der Waals surface area contributed by atoms with Crippen molar-refractivity contribution in [2.75, 3.05) is 18.9 Å². The van der Waals surface area contributed by atoms with Crippen LogP contribution in [-0.2, 0) is 11.8 Å². The minimum absolute atomic E-state index is 0.0129. The summed E-state index contributed by atoms with van der Waals surface area (Å²) < 4.78 is 33.0. The number of aromatic nitrogens is 3. The highest BCUT2D eigenvalue weighted by Crippen LogP contribution is 2.41. The van der Waals surface area contributed by atoms with Gasteiger partial charge in [0, 0.05) is 29.9 Å². The van der Waals surface area contributed by atoms with E-state index in [4.69, 9.17) is 19.9 Å². The number of rotatable bonds is 0. The van der Waals surface area contributed by atoms with Crippen LogP contribution in [-0.4, -0.2) is 39.4 Å². The van der Waals surface area contributed by atoms with Gasteiger partial charge in [-0.15, -0.1) is 5.10 Å². The second-order valence-corrected chi connectivity index (χ2v) is 7.78. The van der Waals surface area contributed by atoms with Crippen LogP contribution >= 0.6 is 0 Å². The van der Waals surface area contributed by atoms with Gasteiger partial charge in [-0.3, -0.25) is 9.48 Å². The number of aryl methyl sites for hydroxylation is 1. The lowest BCUT2D eigenvalue weighted by atomic mass is 9.87. The number of nitrogens with zero attached hydrogens (tertiary/aromatic N) is 4. The largest absolute Gasteiger partial charge is 0.482 e. The van der Waals surface area contributed by atoms with E-state index in [0.717, 1.165) is 0 Å². The molecule has 4 heterocycles. The normalized spacial score (nSPS) is 17.8. The van der Waals surface area contributed by atoms with Crippen LogP contribution in [0.4, 0.5) is 10.2 Å². The van der Waals surface area contributed by atoms with Gasteiger partial charge in [-0.05, 0) is 31.2 Å². The van der Waals surface area contributed by atoms with E-state index in [1.807, 2.05) is 13.8 Å². The van der Waals surface area contributed by atoms with Crippen LogP contribution in [0.2, 0.25) is 0 Å². The Balaban J connectivity index is 0.00000133. The summed E-state index contributed by atoms with van der Waals surface area (Å²) in [6, 6.07) is 7.59. The first kappa shape index (κ1) is 23.2. The average molecular weight is 465 g/mol. The van der Waals surface area contributed by atoms with Gasteiger partial charge in [0.25, 0.3) is 0 Å². The van der Waals surface area contributed by atoms with Gasteiger partial charge in [0.05, 0.1) is 18.8 Å². The molecule has 2 aliphatic rings. The first-order valence-corrected chi connectivity index (χ1v) is 10.8. The Bertz CT molecular complexity index is 1310. The van der Waals surface area contributed by atoms with Crippen molar-refractivity contribution in [3.05, 3.63) is 53.1 Å². The van der Waals surface area contributed by atoms with Crippen LogP contribution in [0.1, 0.15) is 48.5 Å². The Morgan fingerprint density at radius 1 is 1.29 bits per heavy atom. The molecule has 34 heavy (non-hydrogen) atoms. The fourth-order valence-corrected chi connectivity index (χ4v) is 3.93. The first-order valence-electron chi connectivity index (χ1n) is 10.8. The molecule has 5 rings (SSSR count). The Morgan fingerprint density at radius 3 is 2.68 bits per heavy atom. The average Bonchev–Trinajstić information content (AvgIpc) is 3.12. The molecule has 1 spiro atoms. The summed E-state index contributed by atoms with van der Waals surface area (Å²) in [5, 5.41) is 14.0. The third-order valence-electron chi connectivity index (χ3n) is 5.67. The molecule has 2 aliphatic heterocycles. The predicted molar refractivity (Wildman–Crippen MR) is 121 cm³/mol. The number of benzene rings is 1. The standard InChI is InChI=1S/C22H18FN5O4.C2H6/c1-11-15-6-13(23)3-4-14(15)19(29)22(9-30-10-22)32-21-18(16(7-24)28(2)27-21)12-5-17(31-11)20(25)26-8-12;1-2/h3-6,8,11H,9-10H2,1-2H3,(H2,25,26);1-2H3. The van der Waals surface area contributed by atoms with Crippen molar-refractivity contribution in [3.63, 3.8) is 0 Å².